The number of aromatic nitrogens is 3. The zero-order chi connectivity index (χ0) is 14.7. The highest BCUT2D eigenvalue weighted by molar-refractivity contribution is 7.09. The lowest BCUT2D eigenvalue weighted by Crippen LogP contribution is -2.40. The van der Waals surface area contributed by atoms with Crippen LogP contribution in [0.1, 0.15) is 36.1 Å². The number of piperidine rings is 1. The van der Waals surface area contributed by atoms with Crippen molar-refractivity contribution >= 4 is 17.2 Å². The fraction of sp³-hybridized carbons (Fsp3) is 0.533. The summed E-state index contributed by atoms with van der Waals surface area (Å²) in [5.74, 6) is 1.27. The van der Waals surface area contributed by atoms with Gasteiger partial charge in [-0.2, -0.15) is 0 Å². The highest BCUT2D eigenvalue weighted by atomic mass is 32.1. The maximum atomic E-state index is 12.4. The zero-order valence-corrected chi connectivity index (χ0v) is 13.1. The van der Waals surface area contributed by atoms with Gasteiger partial charge in [0.15, 0.2) is 0 Å². The van der Waals surface area contributed by atoms with Gasteiger partial charge in [0.25, 0.3) is 0 Å². The van der Waals surface area contributed by atoms with Gasteiger partial charge in [0.05, 0.1) is 11.0 Å². The average Bonchev–Trinajstić information content (AvgIpc) is 3.16. The van der Waals surface area contributed by atoms with Crippen LogP contribution in [0.4, 0.5) is 0 Å². The van der Waals surface area contributed by atoms with Crippen molar-refractivity contribution in [2.75, 3.05) is 13.1 Å². The molecular weight excluding hydrogens is 284 g/mol. The number of carbonyl (C=O) groups excluding carboxylic acids is 1. The summed E-state index contributed by atoms with van der Waals surface area (Å²) in [7, 11) is 0. The van der Waals surface area contributed by atoms with Crippen LogP contribution >= 0.6 is 11.3 Å². The van der Waals surface area contributed by atoms with Gasteiger partial charge in [-0.15, -0.1) is 11.3 Å². The van der Waals surface area contributed by atoms with E-state index in [1.165, 1.54) is 0 Å². The third kappa shape index (κ3) is 3.32. The molecule has 3 rings (SSSR count). The van der Waals surface area contributed by atoms with Gasteiger partial charge in [0.1, 0.15) is 5.82 Å². The summed E-state index contributed by atoms with van der Waals surface area (Å²) in [6.45, 7) is 3.69. The van der Waals surface area contributed by atoms with E-state index in [9.17, 15) is 4.79 Å². The Morgan fingerprint density at radius 2 is 2.33 bits per heavy atom. The number of imidazole rings is 1. The van der Waals surface area contributed by atoms with Crippen molar-refractivity contribution in [2.24, 2.45) is 0 Å². The fourth-order valence-corrected chi connectivity index (χ4v) is 3.55. The Balaban J connectivity index is 1.58. The molecule has 5 nitrogen and oxygen atoms in total. The highest BCUT2D eigenvalue weighted by Crippen LogP contribution is 2.23. The first-order chi connectivity index (χ1) is 10.2. The van der Waals surface area contributed by atoms with Crippen molar-refractivity contribution in [3.05, 3.63) is 34.8 Å². The summed E-state index contributed by atoms with van der Waals surface area (Å²) >= 11 is 1.62. The summed E-state index contributed by atoms with van der Waals surface area (Å²) < 4.78 is 2.19. The van der Waals surface area contributed by atoms with Crippen LogP contribution < -0.4 is 0 Å². The lowest BCUT2D eigenvalue weighted by atomic mass is 10.0. The van der Waals surface area contributed by atoms with E-state index >= 15 is 0 Å². The number of nitrogens with zero attached hydrogens (tertiary/aromatic N) is 4. The first-order valence-corrected chi connectivity index (χ1v) is 8.27. The molecule has 6 heteroatoms. The van der Waals surface area contributed by atoms with Gasteiger partial charge in [-0.25, -0.2) is 9.97 Å². The van der Waals surface area contributed by atoms with Gasteiger partial charge < -0.3 is 9.47 Å². The topological polar surface area (TPSA) is 51.0 Å². The van der Waals surface area contributed by atoms with Crippen LogP contribution in [0.5, 0.6) is 0 Å². The molecular formula is C15H20N4OS. The van der Waals surface area contributed by atoms with Crippen LogP contribution in [0.25, 0.3) is 0 Å². The summed E-state index contributed by atoms with van der Waals surface area (Å²) in [5, 5.41) is 3.00. The second-order valence-corrected chi connectivity index (χ2v) is 6.42. The van der Waals surface area contributed by atoms with Crippen molar-refractivity contribution < 1.29 is 4.79 Å². The van der Waals surface area contributed by atoms with E-state index < -0.39 is 0 Å². The summed E-state index contributed by atoms with van der Waals surface area (Å²) in [6.07, 6.45) is 9.13. The van der Waals surface area contributed by atoms with Gasteiger partial charge in [-0.3, -0.25) is 4.79 Å². The lowest BCUT2D eigenvalue weighted by molar-refractivity contribution is -0.132. The third-order valence-corrected chi connectivity index (χ3v) is 4.88. The predicted octanol–water partition coefficient (Wildman–Crippen LogP) is 2.44. The maximum Gasteiger partial charge on any atom is 0.223 e. The standard InChI is InChI=1S/C15H20N4OS/c1-12-16-6-9-19(12)13-3-2-8-18(11-13)15(20)5-4-14-17-7-10-21-14/h6-7,9-10,13H,2-5,8,11H2,1H3. The second-order valence-electron chi connectivity index (χ2n) is 5.44. The number of hydrogen-bond donors (Lipinski definition) is 0. The van der Waals surface area contributed by atoms with Crippen LogP contribution in [0.2, 0.25) is 0 Å². The summed E-state index contributed by atoms with van der Waals surface area (Å²) in [6, 6.07) is 0.366. The third-order valence-electron chi connectivity index (χ3n) is 4.04. The SMILES string of the molecule is Cc1nccn1C1CCCN(C(=O)CCc2nccs2)C1. The molecule has 1 aliphatic rings. The molecule has 1 fully saturated rings. The van der Waals surface area contributed by atoms with Gasteiger partial charge in [-0.05, 0) is 19.8 Å². The molecule has 112 valence electrons. The number of thiazole rings is 1. The molecule has 21 heavy (non-hydrogen) atoms. The number of carbonyl (C=O) groups is 1. The predicted molar refractivity (Wildman–Crippen MR) is 82.3 cm³/mol. The molecule has 2 aromatic rings. The number of rotatable bonds is 4. The number of likely N-dealkylation sites (tertiary alicyclic amines) is 1. The zero-order valence-electron chi connectivity index (χ0n) is 12.2. The van der Waals surface area contributed by atoms with E-state index in [0.29, 0.717) is 12.5 Å². The molecule has 0 aliphatic carbocycles. The normalized spacial score (nSPS) is 18.9. The van der Waals surface area contributed by atoms with Crippen LogP contribution in [0, 0.1) is 6.92 Å². The van der Waals surface area contributed by atoms with Gasteiger partial charge in [0.2, 0.25) is 5.91 Å². The molecule has 1 amide bonds. The van der Waals surface area contributed by atoms with Gasteiger partial charge >= 0.3 is 0 Å². The van der Waals surface area contributed by atoms with Crippen molar-refractivity contribution in [1.82, 2.24) is 19.4 Å². The number of hydrogen-bond acceptors (Lipinski definition) is 4. The van der Waals surface area contributed by atoms with E-state index in [1.807, 2.05) is 29.6 Å². The molecule has 0 aromatic carbocycles. The van der Waals surface area contributed by atoms with E-state index in [1.54, 1.807) is 17.5 Å². The largest absolute Gasteiger partial charge is 0.341 e. The minimum absolute atomic E-state index is 0.243. The van der Waals surface area contributed by atoms with Crippen molar-refractivity contribution in [2.45, 2.75) is 38.6 Å². The molecule has 0 saturated carbocycles. The highest BCUT2D eigenvalue weighted by Gasteiger charge is 2.25. The van der Waals surface area contributed by atoms with Crippen molar-refractivity contribution in [1.29, 1.82) is 0 Å². The lowest BCUT2D eigenvalue weighted by Gasteiger charge is -2.34. The molecule has 0 bridgehead atoms. The van der Waals surface area contributed by atoms with Gasteiger partial charge in [0, 0.05) is 49.9 Å². The molecule has 1 aliphatic heterocycles. The summed E-state index contributed by atoms with van der Waals surface area (Å²) in [5.41, 5.74) is 0. The van der Waals surface area contributed by atoms with Crippen LogP contribution in [-0.4, -0.2) is 38.4 Å². The van der Waals surface area contributed by atoms with Crippen molar-refractivity contribution in [3.8, 4) is 0 Å². The average molecular weight is 304 g/mol. The Kier molecular flexibility index (Phi) is 4.34. The minimum Gasteiger partial charge on any atom is -0.341 e. The van der Waals surface area contributed by atoms with E-state index in [4.69, 9.17) is 0 Å². The molecule has 1 saturated heterocycles. The Morgan fingerprint density at radius 3 is 3.05 bits per heavy atom. The maximum absolute atomic E-state index is 12.4. The van der Waals surface area contributed by atoms with Crippen LogP contribution in [0.15, 0.2) is 24.0 Å². The molecule has 0 radical (unpaired) electrons. The molecule has 0 spiro atoms. The van der Waals surface area contributed by atoms with Gasteiger partial charge in [-0.1, -0.05) is 0 Å². The van der Waals surface area contributed by atoms with Crippen LogP contribution in [-0.2, 0) is 11.2 Å². The van der Waals surface area contributed by atoms with Crippen LogP contribution in [0.3, 0.4) is 0 Å². The first kappa shape index (κ1) is 14.3. The molecule has 1 atom stereocenters. The first-order valence-electron chi connectivity index (χ1n) is 7.39. The Labute approximate surface area is 128 Å². The molecule has 2 aromatic heterocycles. The van der Waals surface area contributed by atoms with Crippen molar-refractivity contribution in [3.63, 3.8) is 0 Å². The summed E-state index contributed by atoms with van der Waals surface area (Å²) in [4.78, 5) is 22.9. The van der Waals surface area contributed by atoms with E-state index in [2.05, 4.69) is 14.5 Å². The Hall–Kier alpha value is -1.69. The monoisotopic (exact) mass is 304 g/mol. The smallest absolute Gasteiger partial charge is 0.223 e. The molecule has 3 heterocycles. The van der Waals surface area contributed by atoms with E-state index in [-0.39, 0.29) is 5.91 Å². The number of amides is 1. The minimum atomic E-state index is 0.243. The second kappa shape index (κ2) is 6.39. The Bertz CT molecular complexity index is 593. The quantitative estimate of drug-likeness (QED) is 0.872. The fourth-order valence-electron chi connectivity index (χ4n) is 2.93. The molecule has 1 unspecified atom stereocenters. The Morgan fingerprint density at radius 1 is 1.43 bits per heavy atom. The van der Waals surface area contributed by atoms with E-state index in [0.717, 1.165) is 43.2 Å². The number of aryl methyl sites for hydroxylation is 2. The molecule has 0 N–H and O–H groups in total.